The molecule has 4 heteroatoms. The number of phenols is 2. The number of nitrogens with one attached hydrogen (secondary N) is 1. The molecule has 19 heavy (non-hydrogen) atoms. The summed E-state index contributed by atoms with van der Waals surface area (Å²) in [6, 6.07) is 5.36. The van der Waals surface area contributed by atoms with Gasteiger partial charge in [0.25, 0.3) is 0 Å². The van der Waals surface area contributed by atoms with Gasteiger partial charge in [-0.1, -0.05) is 13.0 Å². The predicted octanol–water partition coefficient (Wildman–Crippen LogP) is 3.42. The van der Waals surface area contributed by atoms with Crippen molar-refractivity contribution in [1.82, 2.24) is 5.32 Å². The van der Waals surface area contributed by atoms with Crippen LogP contribution in [-0.4, -0.2) is 27.3 Å². The van der Waals surface area contributed by atoms with Gasteiger partial charge < -0.3 is 15.5 Å². The summed E-state index contributed by atoms with van der Waals surface area (Å²) >= 11 is 2.03. The first kappa shape index (κ1) is 14.5. The number of hydrogen-bond donors (Lipinski definition) is 3. The summed E-state index contributed by atoms with van der Waals surface area (Å²) in [5.41, 5.74) is 0.606. The molecule has 0 saturated heterocycles. The highest BCUT2D eigenvalue weighted by atomic mass is 32.2. The molecule has 1 aliphatic carbocycles. The molecule has 3 N–H and O–H groups in total. The van der Waals surface area contributed by atoms with Crippen molar-refractivity contribution in [2.24, 2.45) is 0 Å². The second kappa shape index (κ2) is 6.53. The molecule has 1 aromatic carbocycles. The minimum Gasteiger partial charge on any atom is -0.507 e. The fourth-order valence-electron chi connectivity index (χ4n) is 2.90. The molecule has 0 aromatic heterocycles. The molecule has 1 saturated carbocycles. The van der Waals surface area contributed by atoms with Crippen LogP contribution in [0.1, 0.15) is 44.7 Å². The van der Waals surface area contributed by atoms with E-state index in [-0.39, 0.29) is 17.5 Å². The maximum Gasteiger partial charge on any atom is 0.124 e. The second-order valence-electron chi connectivity index (χ2n) is 5.19. The Morgan fingerprint density at radius 3 is 2.63 bits per heavy atom. The fraction of sp³-hybridized carbons (Fsp3) is 0.600. The van der Waals surface area contributed by atoms with Crippen molar-refractivity contribution >= 4 is 11.8 Å². The van der Waals surface area contributed by atoms with Crippen molar-refractivity contribution < 1.29 is 10.2 Å². The van der Waals surface area contributed by atoms with E-state index in [0.717, 1.165) is 5.25 Å². The molecule has 0 aliphatic heterocycles. The highest BCUT2D eigenvalue weighted by molar-refractivity contribution is 7.99. The van der Waals surface area contributed by atoms with Gasteiger partial charge in [0.1, 0.15) is 11.5 Å². The van der Waals surface area contributed by atoms with Crippen molar-refractivity contribution in [3.63, 3.8) is 0 Å². The molecule has 0 amide bonds. The zero-order valence-corrected chi connectivity index (χ0v) is 12.4. The minimum atomic E-state index is -0.0309. The van der Waals surface area contributed by atoms with E-state index in [1.807, 2.05) is 18.7 Å². The van der Waals surface area contributed by atoms with Crippen molar-refractivity contribution in [1.29, 1.82) is 0 Å². The SMILES string of the molecule is CCSC1CCC(NC(C)c2c(O)cccc2O)C1. The average molecular weight is 281 g/mol. The number of thioether (sulfide) groups is 1. The minimum absolute atomic E-state index is 0.0309. The van der Waals surface area contributed by atoms with Crippen LogP contribution in [-0.2, 0) is 0 Å². The van der Waals surface area contributed by atoms with Crippen LogP contribution in [0.3, 0.4) is 0 Å². The quantitative estimate of drug-likeness (QED) is 0.774. The zero-order valence-electron chi connectivity index (χ0n) is 11.6. The number of rotatable bonds is 5. The normalized spacial score (nSPS) is 24.5. The molecule has 3 atom stereocenters. The number of benzene rings is 1. The van der Waals surface area contributed by atoms with Crippen LogP contribution in [0, 0.1) is 0 Å². The summed E-state index contributed by atoms with van der Waals surface area (Å²) in [4.78, 5) is 0. The Morgan fingerprint density at radius 1 is 1.32 bits per heavy atom. The standard InChI is InChI=1S/C15H23NO2S/c1-3-19-12-8-7-11(9-12)16-10(2)15-13(17)5-4-6-14(15)18/h4-6,10-12,16-18H,3,7-9H2,1-2H3. The first-order valence-electron chi connectivity index (χ1n) is 7.00. The third-order valence-corrected chi connectivity index (χ3v) is 5.00. The van der Waals surface area contributed by atoms with Gasteiger partial charge in [-0.2, -0.15) is 11.8 Å². The average Bonchev–Trinajstić information content (AvgIpc) is 2.77. The van der Waals surface area contributed by atoms with Crippen molar-refractivity contribution in [2.75, 3.05) is 5.75 Å². The summed E-state index contributed by atoms with van der Waals surface area (Å²) in [6.45, 7) is 4.20. The van der Waals surface area contributed by atoms with Gasteiger partial charge in [-0.25, -0.2) is 0 Å². The summed E-state index contributed by atoms with van der Waals surface area (Å²) in [6.07, 6.45) is 3.61. The number of phenolic OH excluding ortho intramolecular Hbond substituents is 2. The lowest BCUT2D eigenvalue weighted by Gasteiger charge is -2.21. The van der Waals surface area contributed by atoms with Gasteiger partial charge in [-0.3, -0.25) is 0 Å². The monoisotopic (exact) mass is 281 g/mol. The molecule has 0 heterocycles. The van der Waals surface area contributed by atoms with Gasteiger partial charge in [-0.05, 0) is 44.1 Å². The predicted molar refractivity (Wildman–Crippen MR) is 80.9 cm³/mol. The highest BCUT2D eigenvalue weighted by Crippen LogP contribution is 2.35. The molecule has 106 valence electrons. The van der Waals surface area contributed by atoms with Gasteiger partial charge in [0.2, 0.25) is 0 Å². The third kappa shape index (κ3) is 3.57. The van der Waals surface area contributed by atoms with Crippen LogP contribution in [0.5, 0.6) is 11.5 Å². The zero-order chi connectivity index (χ0) is 13.8. The van der Waals surface area contributed by atoms with E-state index in [1.54, 1.807) is 18.2 Å². The number of aromatic hydroxyl groups is 2. The van der Waals surface area contributed by atoms with Gasteiger partial charge in [-0.15, -0.1) is 0 Å². The Bertz CT molecular complexity index is 404. The molecule has 3 unspecified atom stereocenters. The van der Waals surface area contributed by atoms with Gasteiger partial charge in [0, 0.05) is 17.3 Å². The lowest BCUT2D eigenvalue weighted by atomic mass is 10.0. The smallest absolute Gasteiger partial charge is 0.124 e. The van der Waals surface area contributed by atoms with E-state index in [1.165, 1.54) is 25.0 Å². The van der Waals surface area contributed by atoms with E-state index < -0.39 is 0 Å². The van der Waals surface area contributed by atoms with Crippen LogP contribution in [0.25, 0.3) is 0 Å². The lowest BCUT2D eigenvalue weighted by molar-refractivity contribution is 0.400. The molecular weight excluding hydrogens is 258 g/mol. The Hall–Kier alpha value is -0.870. The van der Waals surface area contributed by atoms with Crippen LogP contribution >= 0.6 is 11.8 Å². The van der Waals surface area contributed by atoms with Crippen LogP contribution in [0.2, 0.25) is 0 Å². The molecule has 1 fully saturated rings. The van der Waals surface area contributed by atoms with E-state index in [0.29, 0.717) is 11.6 Å². The maximum atomic E-state index is 9.87. The van der Waals surface area contributed by atoms with E-state index in [2.05, 4.69) is 12.2 Å². The van der Waals surface area contributed by atoms with Gasteiger partial charge in [0.05, 0.1) is 5.56 Å². The van der Waals surface area contributed by atoms with E-state index in [4.69, 9.17) is 0 Å². The van der Waals surface area contributed by atoms with Crippen molar-refractivity contribution in [3.05, 3.63) is 23.8 Å². The van der Waals surface area contributed by atoms with Crippen LogP contribution in [0.15, 0.2) is 18.2 Å². The van der Waals surface area contributed by atoms with Crippen LogP contribution in [0.4, 0.5) is 0 Å². The summed E-state index contributed by atoms with van der Waals surface area (Å²) in [7, 11) is 0. The molecule has 2 rings (SSSR count). The molecule has 3 nitrogen and oxygen atoms in total. The first-order valence-corrected chi connectivity index (χ1v) is 8.05. The Kier molecular flexibility index (Phi) is 4.99. The Morgan fingerprint density at radius 2 is 2.00 bits per heavy atom. The molecule has 1 aromatic rings. The Labute approximate surface area is 119 Å². The molecule has 1 aliphatic rings. The van der Waals surface area contributed by atoms with Crippen molar-refractivity contribution in [2.45, 2.75) is 50.4 Å². The number of hydrogen-bond acceptors (Lipinski definition) is 4. The van der Waals surface area contributed by atoms with Crippen molar-refractivity contribution in [3.8, 4) is 11.5 Å². The maximum absolute atomic E-state index is 9.87. The third-order valence-electron chi connectivity index (χ3n) is 3.77. The fourth-order valence-corrected chi connectivity index (χ4v) is 4.04. The first-order chi connectivity index (χ1) is 9.11. The molecular formula is C15H23NO2S. The largest absolute Gasteiger partial charge is 0.507 e. The lowest BCUT2D eigenvalue weighted by Crippen LogP contribution is -2.29. The van der Waals surface area contributed by atoms with Gasteiger partial charge in [0.15, 0.2) is 0 Å². The van der Waals surface area contributed by atoms with E-state index >= 15 is 0 Å². The highest BCUT2D eigenvalue weighted by Gasteiger charge is 2.26. The molecule has 0 radical (unpaired) electrons. The van der Waals surface area contributed by atoms with Gasteiger partial charge >= 0.3 is 0 Å². The van der Waals surface area contributed by atoms with E-state index in [9.17, 15) is 10.2 Å². The Balaban J connectivity index is 1.96. The summed E-state index contributed by atoms with van der Waals surface area (Å²) in [5, 5.41) is 24.0. The second-order valence-corrected chi connectivity index (χ2v) is 6.76. The molecule has 0 spiro atoms. The summed E-state index contributed by atoms with van der Waals surface area (Å²) < 4.78 is 0. The van der Waals surface area contributed by atoms with Crippen LogP contribution < -0.4 is 5.32 Å². The summed E-state index contributed by atoms with van der Waals surface area (Å²) in [5.74, 6) is 1.50. The topological polar surface area (TPSA) is 52.5 Å². The molecule has 0 bridgehead atoms.